The van der Waals surface area contributed by atoms with Crippen LogP contribution in [0.2, 0.25) is 10.0 Å². The molecule has 27 heavy (non-hydrogen) atoms. The highest BCUT2D eigenvalue weighted by molar-refractivity contribution is 7.16. The van der Waals surface area contributed by atoms with Gasteiger partial charge < -0.3 is 15.2 Å². The van der Waals surface area contributed by atoms with Gasteiger partial charge in [0, 0.05) is 12.1 Å². The highest BCUT2D eigenvalue weighted by Gasteiger charge is 2.14. The Morgan fingerprint density at radius 1 is 1.19 bits per heavy atom. The first kappa shape index (κ1) is 19.6. The molecule has 0 aliphatic heterocycles. The Morgan fingerprint density at radius 2 is 1.96 bits per heavy atom. The zero-order valence-electron chi connectivity index (χ0n) is 14.1. The van der Waals surface area contributed by atoms with Crippen molar-refractivity contribution in [1.82, 2.24) is 10.3 Å². The van der Waals surface area contributed by atoms with Gasteiger partial charge in [0.15, 0.2) is 0 Å². The first-order valence-electron chi connectivity index (χ1n) is 8.09. The lowest BCUT2D eigenvalue weighted by atomic mass is 10.2. The normalized spacial score (nSPS) is 11.8. The second-order valence-corrected chi connectivity index (χ2v) is 7.44. The number of hydrogen-bond donors (Lipinski definition) is 2. The summed E-state index contributed by atoms with van der Waals surface area (Å²) < 4.78 is 5.45. The summed E-state index contributed by atoms with van der Waals surface area (Å²) in [6.07, 6.45) is 0.627. The summed E-state index contributed by atoms with van der Waals surface area (Å²) in [6, 6.07) is 14.6. The lowest BCUT2D eigenvalue weighted by Crippen LogP contribution is -2.35. The summed E-state index contributed by atoms with van der Waals surface area (Å²) in [6.45, 7) is 0.00782. The van der Waals surface area contributed by atoms with Gasteiger partial charge in [-0.05, 0) is 12.1 Å². The van der Waals surface area contributed by atoms with Crippen molar-refractivity contribution in [1.29, 1.82) is 0 Å². The molecular weight excluding hydrogens is 407 g/mol. The fourth-order valence-electron chi connectivity index (χ4n) is 2.23. The molecule has 1 aromatic heterocycles. The Hall–Kier alpha value is -2.12. The van der Waals surface area contributed by atoms with Crippen LogP contribution in [-0.4, -0.2) is 35.3 Å². The van der Waals surface area contributed by atoms with Gasteiger partial charge in [0.05, 0.1) is 11.2 Å². The van der Waals surface area contributed by atoms with Crippen LogP contribution in [0.15, 0.2) is 54.7 Å². The van der Waals surface area contributed by atoms with Crippen LogP contribution < -0.4 is 10.1 Å². The maximum Gasteiger partial charge on any atom is 0.263 e. The second kappa shape index (κ2) is 9.19. The van der Waals surface area contributed by atoms with Crippen molar-refractivity contribution in [2.75, 3.05) is 13.2 Å². The van der Waals surface area contributed by atoms with Gasteiger partial charge in [-0.25, -0.2) is 4.98 Å². The van der Waals surface area contributed by atoms with Gasteiger partial charge in [-0.2, -0.15) is 0 Å². The van der Waals surface area contributed by atoms with Crippen LogP contribution in [0, 0.1) is 0 Å². The number of aromatic nitrogens is 1. The summed E-state index contributed by atoms with van der Waals surface area (Å²) in [4.78, 5) is 17.0. The lowest BCUT2D eigenvalue weighted by molar-refractivity contribution is 0.0847. The number of carbonyl (C=O) groups excluding carboxylic acids is 1. The molecule has 1 amide bonds. The minimum Gasteiger partial charge on any atom is -0.489 e. The number of thiazole rings is 1. The number of nitrogens with one attached hydrogen (secondary N) is 1. The van der Waals surface area contributed by atoms with Crippen LogP contribution in [0.3, 0.4) is 0 Å². The van der Waals surface area contributed by atoms with Gasteiger partial charge in [0.1, 0.15) is 33.4 Å². The summed E-state index contributed by atoms with van der Waals surface area (Å²) in [7, 11) is 0. The maximum atomic E-state index is 12.2. The Balaban J connectivity index is 1.50. The van der Waals surface area contributed by atoms with E-state index < -0.39 is 6.10 Å². The molecule has 140 valence electrons. The van der Waals surface area contributed by atoms with Crippen molar-refractivity contribution in [3.63, 3.8) is 0 Å². The van der Waals surface area contributed by atoms with Gasteiger partial charge in [-0.3, -0.25) is 4.79 Å². The van der Waals surface area contributed by atoms with E-state index in [2.05, 4.69) is 10.3 Å². The number of benzene rings is 2. The predicted octanol–water partition coefficient (Wildman–Crippen LogP) is 4.29. The Labute approximate surface area is 170 Å². The molecule has 1 unspecified atom stereocenters. The third-order valence-corrected chi connectivity index (χ3v) is 5.44. The molecule has 0 saturated heterocycles. The minimum absolute atomic E-state index is 0.0295. The zero-order valence-corrected chi connectivity index (χ0v) is 16.4. The summed E-state index contributed by atoms with van der Waals surface area (Å²) in [5.74, 6) is 0.0824. The number of rotatable bonds is 7. The number of ether oxygens (including phenoxy) is 1. The van der Waals surface area contributed by atoms with E-state index >= 15 is 0 Å². The monoisotopic (exact) mass is 422 g/mol. The van der Waals surface area contributed by atoms with Crippen LogP contribution in [-0.2, 0) is 0 Å². The molecule has 2 aromatic carbocycles. The van der Waals surface area contributed by atoms with Crippen LogP contribution in [0.5, 0.6) is 5.75 Å². The average Bonchev–Trinajstić information content (AvgIpc) is 3.18. The van der Waals surface area contributed by atoms with Gasteiger partial charge >= 0.3 is 0 Å². The number of nitrogens with zero attached hydrogens (tertiary/aromatic N) is 1. The number of aliphatic hydroxyl groups is 1. The van der Waals surface area contributed by atoms with E-state index in [1.165, 1.54) is 17.5 Å². The van der Waals surface area contributed by atoms with E-state index in [1.54, 1.807) is 18.2 Å². The van der Waals surface area contributed by atoms with Crippen LogP contribution in [0.25, 0.3) is 10.6 Å². The fraction of sp³-hybridized carbons (Fsp3) is 0.158. The van der Waals surface area contributed by atoms with E-state index in [0.29, 0.717) is 15.6 Å². The fourth-order valence-corrected chi connectivity index (χ4v) is 3.42. The third kappa shape index (κ3) is 5.20. The van der Waals surface area contributed by atoms with Crippen molar-refractivity contribution in [3.8, 4) is 16.3 Å². The van der Waals surface area contributed by atoms with E-state index in [4.69, 9.17) is 27.9 Å². The van der Waals surface area contributed by atoms with Crippen molar-refractivity contribution in [3.05, 3.63) is 69.7 Å². The van der Waals surface area contributed by atoms with Crippen molar-refractivity contribution in [2.24, 2.45) is 0 Å². The third-order valence-electron chi connectivity index (χ3n) is 3.60. The highest BCUT2D eigenvalue weighted by atomic mass is 35.5. The van der Waals surface area contributed by atoms with Gasteiger partial charge in [0.25, 0.3) is 5.91 Å². The molecule has 2 N–H and O–H groups in total. The zero-order chi connectivity index (χ0) is 19.2. The summed E-state index contributed by atoms with van der Waals surface area (Å²) in [5.41, 5.74) is 0.952. The molecule has 0 bridgehead atoms. The summed E-state index contributed by atoms with van der Waals surface area (Å²) in [5, 5.41) is 14.1. The molecule has 0 spiro atoms. The van der Waals surface area contributed by atoms with Crippen LogP contribution >= 0.6 is 34.5 Å². The number of aliphatic hydroxyl groups excluding tert-OH is 1. The van der Waals surface area contributed by atoms with Gasteiger partial charge in [0.2, 0.25) is 0 Å². The molecule has 0 saturated carbocycles. The molecule has 5 nitrogen and oxygen atoms in total. The number of hydrogen-bond acceptors (Lipinski definition) is 5. The average molecular weight is 423 g/mol. The van der Waals surface area contributed by atoms with Crippen LogP contribution in [0.1, 0.15) is 9.67 Å². The van der Waals surface area contributed by atoms with E-state index in [1.807, 2.05) is 30.3 Å². The quantitative estimate of drug-likeness (QED) is 0.595. The first-order valence-corrected chi connectivity index (χ1v) is 9.66. The molecule has 0 aliphatic rings. The standard InChI is InChI=1S/C19H16Cl2N2O3S/c20-14-7-4-8-15(17(14)21)26-11-13(24)9-22-18(25)16-10-23-19(27-16)12-5-2-1-3-6-12/h1-8,10,13,24H,9,11H2,(H,22,25). The molecule has 0 fully saturated rings. The van der Waals surface area contributed by atoms with Crippen molar-refractivity contribution < 1.29 is 14.6 Å². The highest BCUT2D eigenvalue weighted by Crippen LogP contribution is 2.31. The largest absolute Gasteiger partial charge is 0.489 e. The van der Waals surface area contributed by atoms with Gasteiger partial charge in [-0.1, -0.05) is 59.6 Å². The molecule has 1 atom stereocenters. The lowest BCUT2D eigenvalue weighted by Gasteiger charge is -2.14. The van der Waals surface area contributed by atoms with E-state index in [9.17, 15) is 9.90 Å². The molecule has 1 heterocycles. The first-order chi connectivity index (χ1) is 13.0. The maximum absolute atomic E-state index is 12.2. The molecule has 3 aromatic rings. The van der Waals surface area contributed by atoms with Gasteiger partial charge in [-0.15, -0.1) is 11.3 Å². The Bertz CT molecular complexity index is 918. The number of carbonyl (C=O) groups is 1. The Kier molecular flexibility index (Phi) is 6.68. The minimum atomic E-state index is -0.898. The van der Waals surface area contributed by atoms with Crippen LogP contribution in [0.4, 0.5) is 0 Å². The molecule has 0 aliphatic carbocycles. The Morgan fingerprint density at radius 3 is 2.74 bits per heavy atom. The SMILES string of the molecule is O=C(NCC(O)COc1cccc(Cl)c1Cl)c1cnc(-c2ccccc2)s1. The molecule has 0 radical (unpaired) electrons. The second-order valence-electron chi connectivity index (χ2n) is 5.62. The molecule has 8 heteroatoms. The molecular formula is C19H16Cl2N2O3S. The topological polar surface area (TPSA) is 71.5 Å². The van der Waals surface area contributed by atoms with Crippen molar-refractivity contribution >= 4 is 40.4 Å². The smallest absolute Gasteiger partial charge is 0.263 e. The number of amides is 1. The predicted molar refractivity (Wildman–Crippen MR) is 108 cm³/mol. The molecule has 3 rings (SSSR count). The number of halogens is 2. The van der Waals surface area contributed by atoms with Crippen molar-refractivity contribution in [2.45, 2.75) is 6.10 Å². The van der Waals surface area contributed by atoms with E-state index in [-0.39, 0.29) is 24.1 Å². The van der Waals surface area contributed by atoms with E-state index in [0.717, 1.165) is 10.6 Å². The summed E-state index contributed by atoms with van der Waals surface area (Å²) >= 11 is 13.2.